The second-order valence-electron chi connectivity index (χ2n) is 5.04. The average Bonchev–Trinajstić information content (AvgIpc) is 2.47. The van der Waals surface area contributed by atoms with Crippen LogP contribution in [0.2, 0.25) is 0 Å². The number of hydrogen-bond acceptors (Lipinski definition) is 3. The van der Waals surface area contributed by atoms with Crippen LogP contribution in [0.25, 0.3) is 0 Å². The van der Waals surface area contributed by atoms with E-state index in [0.29, 0.717) is 30.4 Å². The van der Waals surface area contributed by atoms with Crippen LogP contribution >= 0.6 is 0 Å². The number of carbonyl (C=O) groups is 1. The molecular weight excluding hydrogens is 259 g/mol. The lowest BCUT2D eigenvalue weighted by molar-refractivity contribution is 0.0343. The summed E-state index contributed by atoms with van der Waals surface area (Å²) in [7, 11) is 0. The summed E-state index contributed by atoms with van der Waals surface area (Å²) in [6.45, 7) is 4.61. The Kier molecular flexibility index (Phi) is 5.49. The highest BCUT2D eigenvalue weighted by molar-refractivity contribution is 5.94. The standard InChI is InChI=1S/C15H21FN2O2/c1-11-10-12(2-3-14(11)16)15(19)18-8-9-20-13-4-6-17-7-5-13/h2-3,10,13,17H,4-9H2,1H3,(H,18,19). The number of aryl methyl sites for hydroxylation is 1. The normalized spacial score (nSPS) is 16.1. The molecule has 2 rings (SSSR count). The van der Waals surface area contributed by atoms with E-state index in [0.717, 1.165) is 25.9 Å². The largest absolute Gasteiger partial charge is 0.376 e. The Bertz CT molecular complexity index is 459. The first-order chi connectivity index (χ1) is 9.66. The number of amides is 1. The van der Waals surface area contributed by atoms with Crippen LogP contribution in [-0.4, -0.2) is 38.3 Å². The first-order valence-corrected chi connectivity index (χ1v) is 7.03. The molecule has 1 aromatic carbocycles. The van der Waals surface area contributed by atoms with Crippen molar-refractivity contribution in [3.63, 3.8) is 0 Å². The zero-order valence-electron chi connectivity index (χ0n) is 11.7. The molecule has 0 aliphatic carbocycles. The number of piperidine rings is 1. The third kappa shape index (κ3) is 4.28. The van der Waals surface area contributed by atoms with Gasteiger partial charge in [0, 0.05) is 12.1 Å². The summed E-state index contributed by atoms with van der Waals surface area (Å²) in [6.07, 6.45) is 2.33. The predicted molar refractivity (Wildman–Crippen MR) is 75.3 cm³/mol. The number of benzene rings is 1. The second kappa shape index (κ2) is 7.36. The zero-order chi connectivity index (χ0) is 14.4. The summed E-state index contributed by atoms with van der Waals surface area (Å²) in [4.78, 5) is 11.9. The maximum Gasteiger partial charge on any atom is 0.251 e. The number of halogens is 1. The Hall–Kier alpha value is -1.46. The lowest BCUT2D eigenvalue weighted by Crippen LogP contribution is -2.34. The molecule has 0 unspecified atom stereocenters. The Morgan fingerprint density at radius 3 is 2.90 bits per heavy atom. The highest BCUT2D eigenvalue weighted by Gasteiger charge is 2.13. The Morgan fingerprint density at radius 1 is 1.45 bits per heavy atom. The lowest BCUT2D eigenvalue weighted by atomic mass is 10.1. The fourth-order valence-electron chi connectivity index (χ4n) is 2.24. The molecule has 110 valence electrons. The molecule has 1 aromatic rings. The van der Waals surface area contributed by atoms with Gasteiger partial charge in [-0.25, -0.2) is 4.39 Å². The monoisotopic (exact) mass is 280 g/mol. The molecule has 5 heteroatoms. The summed E-state index contributed by atoms with van der Waals surface area (Å²) in [6, 6.07) is 4.36. The van der Waals surface area contributed by atoms with Crippen LogP contribution in [0.1, 0.15) is 28.8 Å². The van der Waals surface area contributed by atoms with E-state index in [1.54, 1.807) is 13.0 Å². The molecule has 1 aliphatic rings. The predicted octanol–water partition coefficient (Wildman–Crippen LogP) is 1.63. The molecule has 1 amide bonds. The van der Waals surface area contributed by atoms with Gasteiger partial charge in [0.2, 0.25) is 0 Å². The van der Waals surface area contributed by atoms with Crippen molar-refractivity contribution >= 4 is 5.91 Å². The molecule has 0 atom stereocenters. The van der Waals surface area contributed by atoms with Crippen molar-refractivity contribution in [3.05, 3.63) is 35.1 Å². The van der Waals surface area contributed by atoms with Gasteiger partial charge in [-0.15, -0.1) is 0 Å². The van der Waals surface area contributed by atoms with Crippen LogP contribution in [0.5, 0.6) is 0 Å². The van der Waals surface area contributed by atoms with Crippen LogP contribution in [0.4, 0.5) is 4.39 Å². The SMILES string of the molecule is Cc1cc(C(=O)NCCOC2CCNCC2)ccc1F. The van der Waals surface area contributed by atoms with E-state index in [2.05, 4.69) is 10.6 Å². The first kappa shape index (κ1) is 14.9. The Balaban J connectivity index is 1.70. The van der Waals surface area contributed by atoms with Crippen LogP contribution in [0, 0.1) is 12.7 Å². The molecule has 1 aliphatic heterocycles. The molecule has 4 nitrogen and oxygen atoms in total. The van der Waals surface area contributed by atoms with Gasteiger partial charge in [0.25, 0.3) is 5.91 Å². The van der Waals surface area contributed by atoms with E-state index in [-0.39, 0.29) is 11.7 Å². The molecule has 0 radical (unpaired) electrons. The number of carbonyl (C=O) groups excluding carboxylic acids is 1. The fraction of sp³-hybridized carbons (Fsp3) is 0.533. The summed E-state index contributed by atoms with van der Waals surface area (Å²) in [5.41, 5.74) is 0.953. The van der Waals surface area contributed by atoms with Crippen molar-refractivity contribution in [1.82, 2.24) is 10.6 Å². The van der Waals surface area contributed by atoms with Crippen molar-refractivity contribution in [3.8, 4) is 0 Å². The fourth-order valence-corrected chi connectivity index (χ4v) is 2.24. The topological polar surface area (TPSA) is 50.4 Å². The molecule has 2 N–H and O–H groups in total. The molecule has 1 fully saturated rings. The Morgan fingerprint density at radius 2 is 2.20 bits per heavy atom. The average molecular weight is 280 g/mol. The zero-order valence-corrected chi connectivity index (χ0v) is 11.7. The van der Waals surface area contributed by atoms with Gasteiger partial charge in [0.15, 0.2) is 0 Å². The number of ether oxygens (including phenoxy) is 1. The molecule has 20 heavy (non-hydrogen) atoms. The maximum atomic E-state index is 13.1. The van der Waals surface area contributed by atoms with Crippen molar-refractivity contribution in [2.45, 2.75) is 25.9 Å². The van der Waals surface area contributed by atoms with Crippen molar-refractivity contribution in [2.75, 3.05) is 26.2 Å². The molecule has 1 saturated heterocycles. The summed E-state index contributed by atoms with van der Waals surface area (Å²) < 4.78 is 18.8. The summed E-state index contributed by atoms with van der Waals surface area (Å²) in [5, 5.41) is 6.06. The van der Waals surface area contributed by atoms with Crippen LogP contribution in [-0.2, 0) is 4.74 Å². The number of rotatable bonds is 5. The van der Waals surface area contributed by atoms with Crippen molar-refractivity contribution in [2.24, 2.45) is 0 Å². The van der Waals surface area contributed by atoms with E-state index < -0.39 is 0 Å². The molecule has 0 saturated carbocycles. The number of hydrogen-bond donors (Lipinski definition) is 2. The van der Waals surface area contributed by atoms with Gasteiger partial charge >= 0.3 is 0 Å². The van der Waals surface area contributed by atoms with Gasteiger partial charge in [0.05, 0.1) is 12.7 Å². The van der Waals surface area contributed by atoms with Crippen molar-refractivity contribution < 1.29 is 13.9 Å². The van der Waals surface area contributed by atoms with Gasteiger partial charge in [-0.05, 0) is 56.6 Å². The Labute approximate surface area is 118 Å². The third-order valence-corrected chi connectivity index (χ3v) is 3.45. The van der Waals surface area contributed by atoms with Gasteiger partial charge in [-0.2, -0.15) is 0 Å². The van der Waals surface area contributed by atoms with E-state index in [9.17, 15) is 9.18 Å². The molecule has 0 aromatic heterocycles. The van der Waals surface area contributed by atoms with Crippen LogP contribution < -0.4 is 10.6 Å². The minimum Gasteiger partial charge on any atom is -0.376 e. The summed E-state index contributed by atoms with van der Waals surface area (Å²) in [5.74, 6) is -0.488. The van der Waals surface area contributed by atoms with Crippen LogP contribution in [0.15, 0.2) is 18.2 Å². The minimum atomic E-state index is -0.296. The molecule has 1 heterocycles. The third-order valence-electron chi connectivity index (χ3n) is 3.45. The van der Waals surface area contributed by atoms with Crippen molar-refractivity contribution in [1.29, 1.82) is 0 Å². The second-order valence-corrected chi connectivity index (χ2v) is 5.04. The van der Waals surface area contributed by atoms with Crippen LogP contribution in [0.3, 0.4) is 0 Å². The van der Waals surface area contributed by atoms with E-state index in [1.807, 2.05) is 0 Å². The van der Waals surface area contributed by atoms with Gasteiger partial charge in [-0.1, -0.05) is 0 Å². The minimum absolute atomic E-state index is 0.193. The van der Waals surface area contributed by atoms with E-state index >= 15 is 0 Å². The summed E-state index contributed by atoms with van der Waals surface area (Å²) >= 11 is 0. The first-order valence-electron chi connectivity index (χ1n) is 7.03. The van der Waals surface area contributed by atoms with Gasteiger partial charge in [0.1, 0.15) is 5.82 Å². The quantitative estimate of drug-likeness (QED) is 0.806. The number of nitrogens with one attached hydrogen (secondary N) is 2. The maximum absolute atomic E-state index is 13.1. The van der Waals surface area contributed by atoms with Gasteiger partial charge in [-0.3, -0.25) is 4.79 Å². The lowest BCUT2D eigenvalue weighted by Gasteiger charge is -2.22. The molecule has 0 spiro atoms. The van der Waals surface area contributed by atoms with Gasteiger partial charge < -0.3 is 15.4 Å². The van der Waals surface area contributed by atoms with E-state index in [4.69, 9.17) is 4.74 Å². The van der Waals surface area contributed by atoms with E-state index in [1.165, 1.54) is 12.1 Å². The molecule has 0 bridgehead atoms. The molecular formula is C15H21FN2O2. The highest BCUT2D eigenvalue weighted by atomic mass is 19.1. The highest BCUT2D eigenvalue weighted by Crippen LogP contribution is 2.09. The smallest absolute Gasteiger partial charge is 0.251 e.